The summed E-state index contributed by atoms with van der Waals surface area (Å²) in [5.41, 5.74) is 0. The Balaban J connectivity index is 1.70. The van der Waals surface area contributed by atoms with Gasteiger partial charge in [-0.3, -0.25) is 0 Å². The molecule has 1 atom stereocenters. The van der Waals surface area contributed by atoms with Gasteiger partial charge in [-0.05, 0) is 56.5 Å². The predicted molar refractivity (Wildman–Crippen MR) is 76.6 cm³/mol. The Morgan fingerprint density at radius 3 is 2.11 bits per heavy atom. The molecule has 0 amide bonds. The monoisotopic (exact) mass is 253 g/mol. The van der Waals surface area contributed by atoms with Gasteiger partial charge in [0.1, 0.15) is 0 Å². The standard InChI is InChI=1S/C16H31NO/c1-13(2)14-8-10-17(11-9-14)12-16(18)15-6-4-3-5-7-15/h13-16,18H,3-12H2,1-2H3. The quantitative estimate of drug-likeness (QED) is 0.831. The molecule has 2 nitrogen and oxygen atoms in total. The van der Waals surface area contributed by atoms with Gasteiger partial charge in [0, 0.05) is 6.54 Å². The third-order valence-corrected chi connectivity index (χ3v) is 5.21. The topological polar surface area (TPSA) is 23.5 Å². The molecule has 2 heteroatoms. The second kappa shape index (κ2) is 6.91. The van der Waals surface area contributed by atoms with E-state index in [1.165, 1.54) is 58.0 Å². The average Bonchev–Trinajstić information content (AvgIpc) is 2.40. The molecule has 1 saturated heterocycles. The van der Waals surface area contributed by atoms with Crippen LogP contribution in [-0.4, -0.2) is 35.7 Å². The maximum Gasteiger partial charge on any atom is 0.0695 e. The van der Waals surface area contributed by atoms with Crippen LogP contribution in [0.25, 0.3) is 0 Å². The second-order valence-electron chi connectivity index (χ2n) is 6.85. The molecule has 2 fully saturated rings. The van der Waals surface area contributed by atoms with Crippen molar-refractivity contribution in [1.82, 2.24) is 4.90 Å². The minimum atomic E-state index is -0.0686. The summed E-state index contributed by atoms with van der Waals surface area (Å²) in [7, 11) is 0. The first kappa shape index (κ1) is 14.3. The van der Waals surface area contributed by atoms with Crippen LogP contribution in [0, 0.1) is 17.8 Å². The third-order valence-electron chi connectivity index (χ3n) is 5.21. The molecule has 106 valence electrons. The first-order chi connectivity index (χ1) is 8.66. The minimum absolute atomic E-state index is 0.0686. The highest BCUT2D eigenvalue weighted by atomic mass is 16.3. The highest BCUT2D eigenvalue weighted by Crippen LogP contribution is 2.28. The Morgan fingerprint density at radius 1 is 0.944 bits per heavy atom. The van der Waals surface area contributed by atoms with E-state index in [-0.39, 0.29) is 6.10 Å². The Morgan fingerprint density at radius 2 is 1.56 bits per heavy atom. The van der Waals surface area contributed by atoms with Crippen LogP contribution in [0.3, 0.4) is 0 Å². The van der Waals surface area contributed by atoms with Crippen LogP contribution in [-0.2, 0) is 0 Å². The van der Waals surface area contributed by atoms with Gasteiger partial charge in [-0.2, -0.15) is 0 Å². The van der Waals surface area contributed by atoms with Gasteiger partial charge in [0.15, 0.2) is 0 Å². The lowest BCUT2D eigenvalue weighted by atomic mass is 9.84. The molecule has 0 aromatic heterocycles. The van der Waals surface area contributed by atoms with E-state index in [2.05, 4.69) is 18.7 Å². The summed E-state index contributed by atoms with van der Waals surface area (Å²) in [5.74, 6) is 2.32. The van der Waals surface area contributed by atoms with Crippen molar-refractivity contribution >= 4 is 0 Å². The molecular formula is C16H31NO. The van der Waals surface area contributed by atoms with Gasteiger partial charge >= 0.3 is 0 Å². The molecule has 0 aromatic rings. The number of β-amino-alcohol motifs (C(OH)–C–C–N with tert-alkyl or cyclic N) is 1. The zero-order valence-electron chi connectivity index (χ0n) is 12.3. The summed E-state index contributed by atoms with van der Waals surface area (Å²) in [4.78, 5) is 2.50. The summed E-state index contributed by atoms with van der Waals surface area (Å²) < 4.78 is 0. The van der Waals surface area contributed by atoms with Crippen molar-refractivity contribution < 1.29 is 5.11 Å². The van der Waals surface area contributed by atoms with Crippen molar-refractivity contribution in [2.75, 3.05) is 19.6 Å². The molecule has 0 radical (unpaired) electrons. The van der Waals surface area contributed by atoms with E-state index in [0.29, 0.717) is 5.92 Å². The number of hydrogen-bond acceptors (Lipinski definition) is 2. The average molecular weight is 253 g/mol. The van der Waals surface area contributed by atoms with E-state index in [4.69, 9.17) is 0 Å². The van der Waals surface area contributed by atoms with Gasteiger partial charge in [0.25, 0.3) is 0 Å². The lowest BCUT2D eigenvalue weighted by molar-refractivity contribution is 0.0333. The van der Waals surface area contributed by atoms with Gasteiger partial charge in [-0.15, -0.1) is 0 Å². The van der Waals surface area contributed by atoms with Crippen LogP contribution in [0.1, 0.15) is 58.8 Å². The Labute approximate surface area is 113 Å². The van der Waals surface area contributed by atoms with Crippen LogP contribution in [0.15, 0.2) is 0 Å². The lowest BCUT2D eigenvalue weighted by Crippen LogP contribution is -2.42. The van der Waals surface area contributed by atoms with Crippen molar-refractivity contribution in [1.29, 1.82) is 0 Å². The van der Waals surface area contributed by atoms with E-state index in [1.807, 2.05) is 0 Å². The van der Waals surface area contributed by atoms with E-state index in [1.54, 1.807) is 0 Å². The lowest BCUT2D eigenvalue weighted by Gasteiger charge is -2.36. The Kier molecular flexibility index (Phi) is 5.50. The van der Waals surface area contributed by atoms with Crippen LogP contribution < -0.4 is 0 Å². The third kappa shape index (κ3) is 3.96. The normalized spacial score (nSPS) is 26.7. The van der Waals surface area contributed by atoms with Gasteiger partial charge in [-0.1, -0.05) is 33.1 Å². The van der Waals surface area contributed by atoms with E-state index in [9.17, 15) is 5.11 Å². The smallest absolute Gasteiger partial charge is 0.0695 e. The van der Waals surface area contributed by atoms with Crippen LogP contribution in [0.4, 0.5) is 0 Å². The van der Waals surface area contributed by atoms with Gasteiger partial charge in [0.05, 0.1) is 6.10 Å². The van der Waals surface area contributed by atoms with Crippen LogP contribution in [0.5, 0.6) is 0 Å². The summed E-state index contributed by atoms with van der Waals surface area (Å²) in [5, 5.41) is 10.4. The summed E-state index contributed by atoms with van der Waals surface area (Å²) >= 11 is 0. The van der Waals surface area contributed by atoms with Gasteiger partial charge < -0.3 is 10.0 Å². The molecule has 1 saturated carbocycles. The number of likely N-dealkylation sites (tertiary alicyclic amines) is 1. The first-order valence-electron chi connectivity index (χ1n) is 8.07. The molecule has 1 aliphatic carbocycles. The van der Waals surface area contributed by atoms with Crippen molar-refractivity contribution in [3.8, 4) is 0 Å². The van der Waals surface area contributed by atoms with E-state index in [0.717, 1.165) is 18.4 Å². The molecule has 0 spiro atoms. The number of piperidine rings is 1. The van der Waals surface area contributed by atoms with Crippen LogP contribution in [0.2, 0.25) is 0 Å². The molecule has 1 heterocycles. The summed E-state index contributed by atoms with van der Waals surface area (Å²) in [6, 6.07) is 0. The minimum Gasteiger partial charge on any atom is -0.392 e. The molecule has 1 unspecified atom stereocenters. The molecule has 0 aromatic carbocycles. The molecule has 2 rings (SSSR count). The fourth-order valence-electron chi connectivity index (χ4n) is 3.73. The summed E-state index contributed by atoms with van der Waals surface area (Å²) in [6.45, 7) is 8.02. The van der Waals surface area contributed by atoms with Gasteiger partial charge in [0.2, 0.25) is 0 Å². The molecule has 0 bridgehead atoms. The molecule has 18 heavy (non-hydrogen) atoms. The van der Waals surface area contributed by atoms with Crippen molar-refractivity contribution in [2.24, 2.45) is 17.8 Å². The van der Waals surface area contributed by atoms with Crippen LogP contribution >= 0.6 is 0 Å². The maximum absolute atomic E-state index is 10.4. The van der Waals surface area contributed by atoms with Crippen molar-refractivity contribution in [3.05, 3.63) is 0 Å². The van der Waals surface area contributed by atoms with Crippen molar-refractivity contribution in [2.45, 2.75) is 64.9 Å². The van der Waals surface area contributed by atoms with Gasteiger partial charge in [-0.25, -0.2) is 0 Å². The second-order valence-corrected chi connectivity index (χ2v) is 6.85. The predicted octanol–water partition coefficient (Wildman–Crippen LogP) is 3.30. The zero-order valence-corrected chi connectivity index (χ0v) is 12.3. The largest absolute Gasteiger partial charge is 0.392 e. The Bertz CT molecular complexity index is 227. The number of nitrogens with zero attached hydrogens (tertiary/aromatic N) is 1. The highest BCUT2D eigenvalue weighted by Gasteiger charge is 2.26. The van der Waals surface area contributed by atoms with E-state index < -0.39 is 0 Å². The van der Waals surface area contributed by atoms with E-state index >= 15 is 0 Å². The summed E-state index contributed by atoms with van der Waals surface area (Å²) in [6.07, 6.45) is 9.13. The number of aliphatic hydroxyl groups is 1. The fourth-order valence-corrected chi connectivity index (χ4v) is 3.73. The maximum atomic E-state index is 10.4. The van der Waals surface area contributed by atoms with Crippen molar-refractivity contribution in [3.63, 3.8) is 0 Å². The molecule has 2 aliphatic rings. The highest BCUT2D eigenvalue weighted by molar-refractivity contribution is 4.80. The Hall–Kier alpha value is -0.0800. The molecule has 1 N–H and O–H groups in total. The number of rotatable bonds is 4. The first-order valence-corrected chi connectivity index (χ1v) is 8.07. The SMILES string of the molecule is CC(C)C1CCN(CC(O)C2CCCCC2)CC1. The zero-order chi connectivity index (χ0) is 13.0. The number of hydrogen-bond donors (Lipinski definition) is 1. The fraction of sp³-hybridized carbons (Fsp3) is 1.00. The number of aliphatic hydroxyl groups excluding tert-OH is 1. The molecule has 1 aliphatic heterocycles. The molecular weight excluding hydrogens is 222 g/mol.